The number of aromatic nitrogens is 2. The summed E-state index contributed by atoms with van der Waals surface area (Å²) in [6.45, 7) is -0.268. The number of carbonyl (C=O) groups excluding carboxylic acids is 1. The third-order valence-electron chi connectivity index (χ3n) is 2.25. The average Bonchev–Trinajstić information content (AvgIpc) is 2.44. The van der Waals surface area contributed by atoms with Gasteiger partial charge in [0.15, 0.2) is 5.69 Å². The predicted molar refractivity (Wildman–Crippen MR) is 46.9 cm³/mol. The van der Waals surface area contributed by atoms with E-state index < -0.39 is 23.3 Å². The monoisotopic (exact) mass is 233 g/mol. The molecule has 0 aliphatic carbocycles. The maximum absolute atomic E-state index is 12.3. The Hall–Kier alpha value is -1.86. The van der Waals surface area contributed by atoms with Gasteiger partial charge in [0.1, 0.15) is 6.54 Å². The molecule has 1 amide bonds. The zero-order valence-corrected chi connectivity index (χ0v) is 8.08. The van der Waals surface area contributed by atoms with Gasteiger partial charge in [-0.2, -0.15) is 13.2 Å². The molecule has 0 bridgehead atoms. The zero-order valence-electron chi connectivity index (χ0n) is 8.08. The van der Waals surface area contributed by atoms with E-state index in [1.807, 2.05) is 0 Å². The molecule has 0 spiro atoms. The van der Waals surface area contributed by atoms with Crippen LogP contribution in [0.5, 0.6) is 0 Å². The highest BCUT2D eigenvalue weighted by Crippen LogP contribution is 2.28. The molecule has 0 fully saturated rings. The van der Waals surface area contributed by atoms with Crippen LogP contribution in [0.4, 0.5) is 19.1 Å². The highest BCUT2D eigenvalue weighted by atomic mass is 19.4. The van der Waals surface area contributed by atoms with E-state index in [1.54, 1.807) is 0 Å². The summed E-state index contributed by atoms with van der Waals surface area (Å²) >= 11 is 0. The number of hydrogen-bond acceptors (Lipinski definition) is 3. The van der Waals surface area contributed by atoms with Gasteiger partial charge in [-0.3, -0.25) is 19.1 Å². The maximum Gasteiger partial charge on any atom is 0.433 e. The molecule has 2 heterocycles. The van der Waals surface area contributed by atoms with E-state index in [1.165, 1.54) is 7.05 Å². The molecule has 0 atom stereocenters. The Morgan fingerprint density at radius 1 is 1.38 bits per heavy atom. The summed E-state index contributed by atoms with van der Waals surface area (Å²) in [6.07, 6.45) is -4.69. The Morgan fingerprint density at radius 3 is 2.56 bits per heavy atom. The second kappa shape index (κ2) is 3.06. The first-order valence-corrected chi connectivity index (χ1v) is 4.26. The van der Waals surface area contributed by atoms with E-state index in [9.17, 15) is 22.8 Å². The summed E-state index contributed by atoms with van der Waals surface area (Å²) in [5.74, 6) is -0.742. The number of hydrogen-bond donors (Lipinski definition) is 0. The van der Waals surface area contributed by atoms with E-state index in [-0.39, 0.29) is 12.5 Å². The van der Waals surface area contributed by atoms with Gasteiger partial charge in [-0.25, -0.2) is 4.98 Å². The standard InChI is InChI=1S/C8H6F3N3O2/c1-13-6(16)3-14-5(15)2-4(8(9,10)11)12-7(13)14/h2H,3H2,1H3. The van der Waals surface area contributed by atoms with E-state index in [0.29, 0.717) is 6.07 Å². The fraction of sp³-hybridized carbons (Fsp3) is 0.375. The molecule has 5 nitrogen and oxygen atoms in total. The minimum absolute atomic E-state index is 0.268. The van der Waals surface area contributed by atoms with Crippen molar-refractivity contribution >= 4 is 11.9 Å². The highest BCUT2D eigenvalue weighted by Gasteiger charge is 2.36. The van der Waals surface area contributed by atoms with Gasteiger partial charge in [0.25, 0.3) is 5.56 Å². The molecule has 2 rings (SSSR count). The van der Waals surface area contributed by atoms with Gasteiger partial charge in [0.2, 0.25) is 11.9 Å². The number of nitrogens with zero attached hydrogens (tertiary/aromatic N) is 3. The third kappa shape index (κ3) is 1.46. The molecule has 1 aromatic rings. The molecule has 86 valence electrons. The summed E-state index contributed by atoms with van der Waals surface area (Å²) in [5.41, 5.74) is -2.17. The first kappa shape index (κ1) is 10.7. The minimum atomic E-state index is -4.69. The number of fused-ring (bicyclic) bond motifs is 1. The molecule has 1 aliphatic heterocycles. The van der Waals surface area contributed by atoms with Crippen molar-refractivity contribution in [2.45, 2.75) is 12.7 Å². The molecule has 0 aromatic carbocycles. The number of alkyl halides is 3. The van der Waals surface area contributed by atoms with E-state index in [0.717, 1.165) is 9.47 Å². The Bertz CT molecular complexity index is 520. The van der Waals surface area contributed by atoms with Crippen LogP contribution < -0.4 is 10.5 Å². The van der Waals surface area contributed by atoms with Gasteiger partial charge >= 0.3 is 6.18 Å². The van der Waals surface area contributed by atoms with Crippen molar-refractivity contribution in [3.05, 3.63) is 22.1 Å². The Morgan fingerprint density at radius 2 is 2.00 bits per heavy atom. The molecular weight excluding hydrogens is 227 g/mol. The second-order valence-electron chi connectivity index (χ2n) is 3.32. The Kier molecular flexibility index (Phi) is 2.04. The van der Waals surface area contributed by atoms with Crippen LogP contribution in [0.25, 0.3) is 0 Å². The summed E-state index contributed by atoms with van der Waals surface area (Å²) in [5, 5.41) is 0. The molecule has 1 aliphatic rings. The number of anilines is 1. The topological polar surface area (TPSA) is 55.2 Å². The van der Waals surface area contributed by atoms with Crippen molar-refractivity contribution in [2.24, 2.45) is 0 Å². The minimum Gasteiger partial charge on any atom is -0.284 e. The van der Waals surface area contributed by atoms with Crippen LogP contribution in [-0.2, 0) is 17.5 Å². The normalized spacial score (nSPS) is 15.5. The molecule has 0 saturated carbocycles. The fourth-order valence-electron chi connectivity index (χ4n) is 1.40. The van der Waals surface area contributed by atoms with Crippen LogP contribution in [0.15, 0.2) is 10.9 Å². The van der Waals surface area contributed by atoms with Gasteiger partial charge in [0, 0.05) is 13.1 Å². The van der Waals surface area contributed by atoms with Crippen molar-refractivity contribution in [1.82, 2.24) is 9.55 Å². The highest BCUT2D eigenvalue weighted by molar-refractivity contribution is 5.94. The van der Waals surface area contributed by atoms with Crippen molar-refractivity contribution < 1.29 is 18.0 Å². The summed E-state index contributed by atoms with van der Waals surface area (Å²) in [6, 6.07) is 0.385. The number of likely N-dealkylation sites (N-methyl/N-ethyl adjacent to an activating group) is 1. The molecule has 1 aromatic heterocycles. The summed E-state index contributed by atoms with van der Waals surface area (Å²) < 4.78 is 37.9. The van der Waals surface area contributed by atoms with Crippen LogP contribution in [0.3, 0.4) is 0 Å². The van der Waals surface area contributed by atoms with Gasteiger partial charge < -0.3 is 0 Å². The first-order chi connectivity index (χ1) is 7.30. The predicted octanol–water partition coefficient (Wildman–Crippen LogP) is 0.238. The third-order valence-corrected chi connectivity index (χ3v) is 2.25. The molecule has 8 heteroatoms. The van der Waals surface area contributed by atoms with Crippen LogP contribution in [0.1, 0.15) is 5.69 Å². The average molecular weight is 233 g/mol. The Balaban J connectivity index is 2.64. The largest absolute Gasteiger partial charge is 0.433 e. The lowest BCUT2D eigenvalue weighted by atomic mass is 10.4. The summed E-state index contributed by atoms with van der Waals surface area (Å²) in [4.78, 5) is 26.7. The fourth-order valence-corrected chi connectivity index (χ4v) is 1.40. The lowest BCUT2D eigenvalue weighted by molar-refractivity contribution is -0.141. The molecule has 0 N–H and O–H groups in total. The number of carbonyl (C=O) groups is 1. The first-order valence-electron chi connectivity index (χ1n) is 4.26. The smallest absolute Gasteiger partial charge is 0.284 e. The molecule has 0 saturated heterocycles. The van der Waals surface area contributed by atoms with Crippen molar-refractivity contribution in [3.8, 4) is 0 Å². The molecule has 0 radical (unpaired) electrons. The lowest BCUT2D eigenvalue weighted by Crippen LogP contribution is -2.24. The SMILES string of the molecule is CN1C(=O)Cn2c1nc(C(F)(F)F)cc2=O. The number of halogens is 3. The molecule has 0 unspecified atom stereocenters. The van der Waals surface area contributed by atoms with Gasteiger partial charge in [0.05, 0.1) is 0 Å². The van der Waals surface area contributed by atoms with Crippen LogP contribution >= 0.6 is 0 Å². The zero-order chi connectivity index (χ0) is 12.1. The van der Waals surface area contributed by atoms with Crippen LogP contribution in [0, 0.1) is 0 Å². The number of rotatable bonds is 0. The summed E-state index contributed by atoms with van der Waals surface area (Å²) in [7, 11) is 1.27. The van der Waals surface area contributed by atoms with Crippen molar-refractivity contribution in [3.63, 3.8) is 0 Å². The van der Waals surface area contributed by atoms with Gasteiger partial charge in [-0.15, -0.1) is 0 Å². The van der Waals surface area contributed by atoms with Crippen LogP contribution in [-0.4, -0.2) is 22.5 Å². The quantitative estimate of drug-likeness (QED) is 0.645. The number of amides is 1. The van der Waals surface area contributed by atoms with E-state index in [2.05, 4.69) is 4.98 Å². The molecule has 16 heavy (non-hydrogen) atoms. The Labute approximate surface area is 87.1 Å². The van der Waals surface area contributed by atoms with Gasteiger partial charge in [-0.05, 0) is 0 Å². The van der Waals surface area contributed by atoms with Crippen molar-refractivity contribution in [2.75, 3.05) is 11.9 Å². The van der Waals surface area contributed by atoms with Gasteiger partial charge in [-0.1, -0.05) is 0 Å². The van der Waals surface area contributed by atoms with Crippen LogP contribution in [0.2, 0.25) is 0 Å². The lowest BCUT2D eigenvalue weighted by Gasteiger charge is -2.10. The van der Waals surface area contributed by atoms with Crippen molar-refractivity contribution in [1.29, 1.82) is 0 Å². The van der Waals surface area contributed by atoms with E-state index in [4.69, 9.17) is 0 Å². The second-order valence-corrected chi connectivity index (χ2v) is 3.32. The maximum atomic E-state index is 12.3. The van der Waals surface area contributed by atoms with E-state index >= 15 is 0 Å². The molecular formula is C8H6F3N3O2.